The van der Waals surface area contributed by atoms with Gasteiger partial charge in [0.15, 0.2) is 0 Å². The van der Waals surface area contributed by atoms with Crippen LogP contribution in [-0.2, 0) is 38.8 Å². The summed E-state index contributed by atoms with van der Waals surface area (Å²) in [6, 6.07) is 33.2. The summed E-state index contributed by atoms with van der Waals surface area (Å²) in [7, 11) is 4.92. The molecule has 0 unspecified atom stereocenters. The van der Waals surface area contributed by atoms with Crippen LogP contribution in [0.4, 0.5) is 0 Å². The maximum absolute atomic E-state index is 10.6. The minimum Gasteiger partial charge on any atom is -0.497 e. The number of hydrogen-bond acceptors (Lipinski definition) is 9. The number of rotatable bonds is 15. The average Bonchev–Trinajstić information content (AvgIpc) is 3.10. The zero-order valence-corrected chi connectivity index (χ0v) is 26.6. The lowest BCUT2D eigenvalue weighted by Gasteiger charge is -2.45. The molecule has 4 aromatic rings. The van der Waals surface area contributed by atoms with E-state index in [-0.39, 0.29) is 6.61 Å². The van der Waals surface area contributed by atoms with Gasteiger partial charge in [-0.1, -0.05) is 66.4 Å². The molecule has 0 bridgehead atoms. The molecule has 1 saturated heterocycles. The third kappa shape index (κ3) is 9.00. The fourth-order valence-corrected chi connectivity index (χ4v) is 6.21. The Bertz CT molecular complexity index is 1420. The Morgan fingerprint density at radius 2 is 0.978 bits per heavy atom. The van der Waals surface area contributed by atoms with Crippen LogP contribution in [0.2, 0.25) is 0 Å². The van der Waals surface area contributed by atoms with E-state index in [1.807, 2.05) is 103 Å². The lowest BCUT2D eigenvalue weighted by Crippen LogP contribution is -2.60. The molecule has 0 spiro atoms. The molecular weight excluding hydrogens is 592 g/mol. The van der Waals surface area contributed by atoms with Gasteiger partial charge < -0.3 is 38.3 Å². The molecule has 0 amide bonds. The van der Waals surface area contributed by atoms with Crippen molar-refractivity contribution in [1.29, 1.82) is 0 Å². The van der Waals surface area contributed by atoms with Gasteiger partial charge in [0, 0.05) is 4.90 Å². The Hall–Kier alpha value is -3.57. The number of benzene rings is 4. The van der Waals surface area contributed by atoms with Gasteiger partial charge in [-0.2, -0.15) is 0 Å². The summed E-state index contributed by atoms with van der Waals surface area (Å²) in [6.07, 6.45) is -2.38. The van der Waals surface area contributed by atoms with Crippen molar-refractivity contribution in [3.63, 3.8) is 0 Å². The molecule has 1 fully saturated rings. The highest BCUT2D eigenvalue weighted by Crippen LogP contribution is 2.38. The summed E-state index contributed by atoms with van der Waals surface area (Å²) in [6.45, 7) is 0.674. The lowest BCUT2D eigenvalue weighted by molar-refractivity contribution is -0.251. The van der Waals surface area contributed by atoms with Crippen LogP contribution in [0.1, 0.15) is 16.7 Å². The van der Waals surface area contributed by atoms with E-state index in [2.05, 4.69) is 0 Å². The zero-order chi connectivity index (χ0) is 31.4. The number of aliphatic hydroxyl groups excluding tert-OH is 1. The van der Waals surface area contributed by atoms with Crippen LogP contribution in [0.25, 0.3) is 0 Å². The fourth-order valence-electron chi connectivity index (χ4n) is 5.06. The first kappa shape index (κ1) is 32.8. The maximum Gasteiger partial charge on any atom is 0.137 e. The van der Waals surface area contributed by atoms with E-state index in [1.54, 1.807) is 21.3 Å². The van der Waals surface area contributed by atoms with E-state index in [0.29, 0.717) is 19.8 Å². The topological polar surface area (TPSA) is 84.8 Å². The molecule has 1 aliphatic rings. The van der Waals surface area contributed by atoms with Gasteiger partial charge in [-0.25, -0.2) is 0 Å². The minimum absolute atomic E-state index is 0.243. The van der Waals surface area contributed by atoms with Crippen molar-refractivity contribution < 1.29 is 38.3 Å². The lowest BCUT2D eigenvalue weighted by atomic mass is 9.99. The van der Waals surface area contributed by atoms with Crippen molar-refractivity contribution in [3.05, 3.63) is 120 Å². The van der Waals surface area contributed by atoms with Crippen LogP contribution < -0.4 is 14.2 Å². The van der Waals surface area contributed by atoms with Gasteiger partial charge in [0.25, 0.3) is 0 Å². The summed E-state index contributed by atoms with van der Waals surface area (Å²) in [5.74, 6) is 2.31. The molecule has 0 aromatic heterocycles. The minimum atomic E-state index is -0.647. The normalized spacial score (nSPS) is 21.3. The van der Waals surface area contributed by atoms with Gasteiger partial charge >= 0.3 is 0 Å². The highest BCUT2D eigenvalue weighted by atomic mass is 32.2. The van der Waals surface area contributed by atoms with Gasteiger partial charge in [-0.05, 0) is 65.2 Å². The molecule has 45 heavy (non-hydrogen) atoms. The molecule has 5 atom stereocenters. The largest absolute Gasteiger partial charge is 0.497 e. The van der Waals surface area contributed by atoms with Crippen LogP contribution in [0.15, 0.2) is 108 Å². The van der Waals surface area contributed by atoms with Crippen LogP contribution in [0.5, 0.6) is 17.2 Å². The van der Waals surface area contributed by atoms with Gasteiger partial charge in [0.1, 0.15) is 47.1 Å². The van der Waals surface area contributed by atoms with Gasteiger partial charge in [-0.3, -0.25) is 0 Å². The standard InChI is InChI=1S/C36H40O8S/c1-38-28-15-9-25(10-16-28)22-41-33-32(21-37)44-36(45-31-7-5-4-6-8-31)35(43-24-27-13-19-30(40-3)20-14-27)34(33)42-23-26-11-17-29(39-2)18-12-26/h4-20,32-37H,21-24H2,1-3H3/t32-,33-,34+,35+,36-/m1/s1. The third-order valence-electron chi connectivity index (χ3n) is 7.57. The van der Waals surface area contributed by atoms with E-state index in [4.69, 9.17) is 33.2 Å². The van der Waals surface area contributed by atoms with Crippen molar-refractivity contribution in [2.45, 2.75) is 54.6 Å². The predicted molar refractivity (Wildman–Crippen MR) is 173 cm³/mol. The highest BCUT2D eigenvalue weighted by molar-refractivity contribution is 7.99. The van der Waals surface area contributed by atoms with Gasteiger partial charge in [0.05, 0.1) is 47.8 Å². The molecule has 0 aliphatic carbocycles. The van der Waals surface area contributed by atoms with Crippen molar-refractivity contribution in [2.75, 3.05) is 27.9 Å². The van der Waals surface area contributed by atoms with Crippen molar-refractivity contribution in [1.82, 2.24) is 0 Å². The van der Waals surface area contributed by atoms with E-state index in [0.717, 1.165) is 38.8 Å². The van der Waals surface area contributed by atoms with Gasteiger partial charge in [0.2, 0.25) is 0 Å². The second-order valence-electron chi connectivity index (χ2n) is 10.5. The van der Waals surface area contributed by atoms with Crippen LogP contribution in [-0.4, -0.2) is 62.9 Å². The first-order valence-electron chi connectivity index (χ1n) is 14.8. The monoisotopic (exact) mass is 632 g/mol. The van der Waals surface area contributed by atoms with Crippen molar-refractivity contribution >= 4 is 11.8 Å². The maximum atomic E-state index is 10.6. The Morgan fingerprint density at radius 1 is 0.556 bits per heavy atom. The molecule has 0 saturated carbocycles. The SMILES string of the molecule is COc1ccc(CO[C@@H]2[C@H](OCc3ccc(OC)cc3)[C@@H](Sc3ccccc3)O[C@H](CO)[C@H]2OCc2ccc(OC)cc2)cc1. The number of thioether (sulfide) groups is 1. The van der Waals surface area contributed by atoms with E-state index in [1.165, 1.54) is 11.8 Å². The number of hydrogen-bond donors (Lipinski definition) is 1. The Balaban J connectivity index is 1.44. The second kappa shape index (κ2) is 16.7. The molecule has 4 aromatic carbocycles. The zero-order valence-electron chi connectivity index (χ0n) is 25.7. The number of ether oxygens (including phenoxy) is 7. The first-order valence-corrected chi connectivity index (χ1v) is 15.7. The second-order valence-corrected chi connectivity index (χ2v) is 11.7. The highest BCUT2D eigenvalue weighted by Gasteiger charge is 2.48. The fraction of sp³-hybridized carbons (Fsp3) is 0.333. The average molecular weight is 633 g/mol. The van der Waals surface area contributed by atoms with Gasteiger partial charge in [-0.15, -0.1) is 0 Å². The summed E-state index contributed by atoms with van der Waals surface area (Å²) >= 11 is 1.54. The molecule has 8 nitrogen and oxygen atoms in total. The molecule has 1 heterocycles. The molecule has 0 radical (unpaired) electrons. The van der Waals surface area contributed by atoms with Crippen LogP contribution in [0, 0.1) is 0 Å². The molecule has 5 rings (SSSR count). The van der Waals surface area contributed by atoms with Crippen LogP contribution in [0.3, 0.4) is 0 Å². The molecule has 9 heteroatoms. The number of methoxy groups -OCH3 is 3. The molecule has 1 N–H and O–H groups in total. The quantitative estimate of drug-likeness (QED) is 0.163. The predicted octanol–water partition coefficient (Wildman–Crippen LogP) is 6.28. The smallest absolute Gasteiger partial charge is 0.137 e. The molecular formula is C36H40O8S. The Kier molecular flexibility index (Phi) is 12.1. The summed E-state index contributed by atoms with van der Waals surface area (Å²) in [5.41, 5.74) is 2.42. The summed E-state index contributed by atoms with van der Waals surface area (Å²) in [4.78, 5) is 1.02. The first-order chi connectivity index (χ1) is 22.1. The Labute approximate surface area is 269 Å². The third-order valence-corrected chi connectivity index (χ3v) is 8.73. The van der Waals surface area contributed by atoms with E-state index >= 15 is 0 Å². The van der Waals surface area contributed by atoms with E-state index in [9.17, 15) is 5.11 Å². The molecule has 1 aliphatic heterocycles. The summed E-state index contributed by atoms with van der Waals surface area (Å²) in [5, 5.41) is 10.6. The molecule has 238 valence electrons. The number of aliphatic hydroxyl groups is 1. The van der Waals surface area contributed by atoms with Crippen molar-refractivity contribution in [3.8, 4) is 17.2 Å². The Morgan fingerprint density at radius 3 is 1.40 bits per heavy atom. The summed E-state index contributed by atoms with van der Waals surface area (Å²) < 4.78 is 42.4. The van der Waals surface area contributed by atoms with E-state index < -0.39 is 29.9 Å². The van der Waals surface area contributed by atoms with Crippen molar-refractivity contribution in [2.24, 2.45) is 0 Å². The van der Waals surface area contributed by atoms with Crippen LogP contribution >= 0.6 is 11.8 Å².